The second kappa shape index (κ2) is 7.91. The fourth-order valence-electron chi connectivity index (χ4n) is 3.57. The number of rotatable bonds is 3. The molecule has 0 saturated heterocycles. The van der Waals surface area contributed by atoms with Gasteiger partial charge in [0.15, 0.2) is 11.2 Å². The molecule has 0 fully saturated rings. The average molecular weight is 482 g/mol. The summed E-state index contributed by atoms with van der Waals surface area (Å²) in [7, 11) is 0. The number of aromatic amines is 1. The highest BCUT2D eigenvalue weighted by Gasteiger charge is 2.19. The van der Waals surface area contributed by atoms with E-state index < -0.39 is 0 Å². The van der Waals surface area contributed by atoms with E-state index in [4.69, 9.17) is 4.98 Å². The molecule has 0 spiro atoms. The van der Waals surface area contributed by atoms with Crippen molar-refractivity contribution in [3.63, 3.8) is 0 Å². The van der Waals surface area contributed by atoms with Gasteiger partial charge in [0.2, 0.25) is 0 Å². The van der Waals surface area contributed by atoms with Crippen molar-refractivity contribution < 1.29 is 0 Å². The van der Waals surface area contributed by atoms with Crippen LogP contribution in [0.2, 0.25) is 0 Å². The summed E-state index contributed by atoms with van der Waals surface area (Å²) in [5.41, 5.74) is 4.31. The highest BCUT2D eigenvalue weighted by molar-refractivity contribution is 9.10. The first-order valence-corrected chi connectivity index (χ1v) is 10.7. The zero-order valence-corrected chi connectivity index (χ0v) is 18.6. The van der Waals surface area contributed by atoms with Crippen LogP contribution in [-0.2, 0) is 0 Å². The van der Waals surface area contributed by atoms with Gasteiger partial charge in [0.25, 0.3) is 5.56 Å². The van der Waals surface area contributed by atoms with Gasteiger partial charge < -0.3 is 4.98 Å². The minimum atomic E-state index is -0.320. The van der Waals surface area contributed by atoms with Crippen LogP contribution in [-0.4, -0.2) is 19.5 Å². The van der Waals surface area contributed by atoms with Crippen LogP contribution in [0.25, 0.3) is 39.6 Å². The van der Waals surface area contributed by atoms with Crippen molar-refractivity contribution in [2.45, 2.75) is 6.92 Å². The number of fused-ring (bicyclic) bond motifs is 1. The summed E-state index contributed by atoms with van der Waals surface area (Å²) in [6.45, 7) is 2.00. The normalized spacial score (nSPS) is 10.9. The Morgan fingerprint density at radius 1 is 0.969 bits per heavy atom. The number of halogens is 1. The highest BCUT2D eigenvalue weighted by Crippen LogP contribution is 2.29. The van der Waals surface area contributed by atoms with Crippen LogP contribution in [0.4, 0.5) is 0 Å². The first-order chi connectivity index (χ1) is 15.5. The SMILES string of the molecule is Cc1ccc(-c2nc3c(nc(-c4ccc(Br)cc4)n3-c3cccc(C#N)c3)c(=O)[nH]2)cc1. The van der Waals surface area contributed by atoms with E-state index in [2.05, 4.69) is 32.0 Å². The van der Waals surface area contributed by atoms with Gasteiger partial charge >= 0.3 is 0 Å². The number of H-pyrrole nitrogens is 1. The van der Waals surface area contributed by atoms with Crippen molar-refractivity contribution >= 4 is 27.1 Å². The summed E-state index contributed by atoms with van der Waals surface area (Å²) in [4.78, 5) is 25.3. The molecule has 0 aliphatic carbocycles. The number of nitriles is 1. The zero-order valence-electron chi connectivity index (χ0n) is 17.0. The Labute approximate surface area is 192 Å². The van der Waals surface area contributed by atoms with Gasteiger partial charge in [0.1, 0.15) is 11.6 Å². The highest BCUT2D eigenvalue weighted by atomic mass is 79.9. The third-order valence-electron chi connectivity index (χ3n) is 5.18. The summed E-state index contributed by atoms with van der Waals surface area (Å²) in [6.07, 6.45) is 0. The number of benzene rings is 3. The largest absolute Gasteiger partial charge is 0.305 e. The maximum absolute atomic E-state index is 13.0. The maximum atomic E-state index is 13.0. The molecule has 0 aliphatic rings. The quantitative estimate of drug-likeness (QED) is 0.374. The lowest BCUT2D eigenvalue weighted by Crippen LogP contribution is -2.10. The van der Waals surface area contributed by atoms with Gasteiger partial charge in [0, 0.05) is 15.6 Å². The molecule has 32 heavy (non-hydrogen) atoms. The molecule has 0 radical (unpaired) electrons. The molecule has 2 heterocycles. The minimum Gasteiger partial charge on any atom is -0.305 e. The van der Waals surface area contributed by atoms with Crippen molar-refractivity contribution in [2.24, 2.45) is 0 Å². The fraction of sp³-hybridized carbons (Fsp3) is 0.0400. The molecule has 0 aliphatic heterocycles. The number of hydrogen-bond donors (Lipinski definition) is 1. The van der Waals surface area contributed by atoms with Crippen LogP contribution in [0.15, 0.2) is 82.1 Å². The van der Waals surface area contributed by atoms with E-state index in [1.165, 1.54) is 0 Å². The van der Waals surface area contributed by atoms with Gasteiger partial charge in [-0.05, 0) is 37.3 Å². The van der Waals surface area contributed by atoms with Gasteiger partial charge in [-0.15, -0.1) is 0 Å². The molecule has 154 valence electrons. The molecular weight excluding hydrogens is 466 g/mol. The number of nitrogens with zero attached hydrogens (tertiary/aromatic N) is 4. The van der Waals surface area contributed by atoms with Gasteiger partial charge in [-0.3, -0.25) is 9.36 Å². The van der Waals surface area contributed by atoms with Gasteiger partial charge in [-0.2, -0.15) is 5.26 Å². The Hall–Kier alpha value is -4.02. The zero-order chi connectivity index (χ0) is 22.2. The van der Waals surface area contributed by atoms with Crippen LogP contribution in [0, 0.1) is 18.3 Å². The van der Waals surface area contributed by atoms with Crippen molar-refractivity contribution in [3.05, 3.63) is 98.7 Å². The first kappa shape index (κ1) is 19.9. The molecule has 5 aromatic rings. The van der Waals surface area contributed by atoms with Crippen molar-refractivity contribution in [1.29, 1.82) is 5.26 Å². The minimum absolute atomic E-state index is 0.237. The van der Waals surface area contributed by atoms with Crippen LogP contribution in [0.5, 0.6) is 0 Å². The number of aromatic nitrogens is 4. The summed E-state index contributed by atoms with van der Waals surface area (Å²) in [6, 6.07) is 24.8. The van der Waals surface area contributed by atoms with E-state index in [1.54, 1.807) is 18.2 Å². The Balaban J connectivity index is 1.84. The predicted octanol–water partition coefficient (Wildman–Crippen LogP) is 5.39. The molecule has 3 aromatic carbocycles. The molecule has 0 atom stereocenters. The molecule has 0 saturated carbocycles. The van der Waals surface area contributed by atoms with E-state index in [0.717, 1.165) is 21.2 Å². The van der Waals surface area contributed by atoms with Crippen LogP contribution in [0.1, 0.15) is 11.1 Å². The molecule has 0 unspecified atom stereocenters. The van der Waals surface area contributed by atoms with Crippen LogP contribution in [0.3, 0.4) is 0 Å². The smallest absolute Gasteiger partial charge is 0.279 e. The summed E-state index contributed by atoms with van der Waals surface area (Å²) in [5.74, 6) is 1.03. The molecule has 1 N–H and O–H groups in total. The summed E-state index contributed by atoms with van der Waals surface area (Å²) in [5, 5.41) is 9.40. The van der Waals surface area contributed by atoms with E-state index in [1.807, 2.05) is 66.1 Å². The Morgan fingerprint density at radius 3 is 2.41 bits per heavy atom. The average Bonchev–Trinajstić information content (AvgIpc) is 3.20. The molecular formula is C25H16BrN5O. The monoisotopic (exact) mass is 481 g/mol. The molecule has 5 rings (SSSR count). The number of nitrogens with one attached hydrogen (secondary N) is 1. The Bertz CT molecular complexity index is 1560. The summed E-state index contributed by atoms with van der Waals surface area (Å²) < 4.78 is 2.76. The van der Waals surface area contributed by atoms with E-state index in [0.29, 0.717) is 28.5 Å². The predicted molar refractivity (Wildman–Crippen MR) is 128 cm³/mol. The van der Waals surface area contributed by atoms with E-state index in [-0.39, 0.29) is 11.1 Å². The number of hydrogen-bond acceptors (Lipinski definition) is 4. The standard InChI is InChI=1S/C25H16BrN5O/c1-15-5-7-17(8-6-15)22-29-24-21(25(32)30-22)28-23(18-9-11-19(26)12-10-18)31(24)20-4-2-3-16(13-20)14-27/h2-13H,1H3,(H,29,30,32). The van der Waals surface area contributed by atoms with Crippen molar-refractivity contribution in [2.75, 3.05) is 0 Å². The van der Waals surface area contributed by atoms with Gasteiger partial charge in [0.05, 0.1) is 17.3 Å². The maximum Gasteiger partial charge on any atom is 0.279 e. The molecule has 2 aromatic heterocycles. The lowest BCUT2D eigenvalue weighted by molar-refractivity contribution is 1.06. The van der Waals surface area contributed by atoms with Crippen LogP contribution >= 0.6 is 15.9 Å². The number of aryl methyl sites for hydroxylation is 1. The van der Waals surface area contributed by atoms with Gasteiger partial charge in [-0.1, -0.05) is 64.0 Å². The van der Waals surface area contributed by atoms with E-state index >= 15 is 0 Å². The second-order valence-corrected chi connectivity index (χ2v) is 8.31. The van der Waals surface area contributed by atoms with Crippen molar-refractivity contribution in [1.82, 2.24) is 19.5 Å². The topological polar surface area (TPSA) is 87.4 Å². The van der Waals surface area contributed by atoms with Crippen molar-refractivity contribution in [3.8, 4) is 34.5 Å². The van der Waals surface area contributed by atoms with Crippen LogP contribution < -0.4 is 5.56 Å². The molecule has 0 amide bonds. The fourth-order valence-corrected chi connectivity index (χ4v) is 3.83. The Morgan fingerprint density at radius 2 is 1.69 bits per heavy atom. The second-order valence-electron chi connectivity index (χ2n) is 7.39. The number of imidazole rings is 1. The Kier molecular flexibility index (Phi) is 4.92. The molecule has 6 nitrogen and oxygen atoms in total. The molecule has 0 bridgehead atoms. The third-order valence-corrected chi connectivity index (χ3v) is 5.71. The van der Waals surface area contributed by atoms with E-state index in [9.17, 15) is 10.1 Å². The third kappa shape index (κ3) is 3.51. The lowest BCUT2D eigenvalue weighted by atomic mass is 10.1. The first-order valence-electron chi connectivity index (χ1n) is 9.90. The van der Waals surface area contributed by atoms with Gasteiger partial charge in [-0.25, -0.2) is 9.97 Å². The lowest BCUT2D eigenvalue weighted by Gasteiger charge is -2.10. The molecule has 7 heteroatoms. The summed E-state index contributed by atoms with van der Waals surface area (Å²) >= 11 is 3.46.